The Morgan fingerprint density at radius 2 is 1.71 bits per heavy atom. The lowest BCUT2D eigenvalue weighted by Crippen LogP contribution is -2.60. The Kier molecular flexibility index (Phi) is 7.81. The second-order valence-electron chi connectivity index (χ2n) is 9.41. The van der Waals surface area contributed by atoms with Gasteiger partial charge in [-0.25, -0.2) is 0 Å². The van der Waals surface area contributed by atoms with Gasteiger partial charge in [-0.2, -0.15) is 0 Å². The first-order valence-corrected chi connectivity index (χ1v) is 12.4. The SMILES string of the molecule is CCCCc1cc(N2CCOC(Cc3ccccc3)(N(C)C)C2)ccc1C(=O)c1ccccc1. The molecule has 1 heterocycles. The minimum absolute atomic E-state index is 0.104. The van der Waals surface area contributed by atoms with Crippen LogP contribution in [0.15, 0.2) is 78.9 Å². The molecule has 0 amide bonds. The van der Waals surface area contributed by atoms with Crippen molar-refractivity contribution in [1.82, 2.24) is 4.90 Å². The minimum Gasteiger partial charge on any atom is -0.365 e. The number of carbonyl (C=O) groups excluding carboxylic acids is 1. The summed E-state index contributed by atoms with van der Waals surface area (Å²) in [6.07, 6.45) is 3.90. The molecule has 34 heavy (non-hydrogen) atoms. The van der Waals surface area contributed by atoms with Crippen LogP contribution in [0.1, 0.15) is 46.8 Å². The number of ketones is 1. The molecule has 1 aliphatic heterocycles. The number of nitrogens with zero attached hydrogens (tertiary/aromatic N) is 2. The van der Waals surface area contributed by atoms with E-state index in [1.54, 1.807) is 0 Å². The number of rotatable bonds is 9. The molecule has 0 aliphatic carbocycles. The lowest BCUT2D eigenvalue weighted by atomic mass is 9.94. The Hall–Kier alpha value is -2.95. The van der Waals surface area contributed by atoms with E-state index < -0.39 is 5.72 Å². The number of likely N-dealkylation sites (N-methyl/N-ethyl adjacent to an activating group) is 1. The average molecular weight is 457 g/mol. The van der Waals surface area contributed by atoms with Crippen LogP contribution in [-0.4, -0.2) is 50.2 Å². The maximum atomic E-state index is 13.3. The molecule has 4 nitrogen and oxygen atoms in total. The lowest BCUT2D eigenvalue weighted by Gasteiger charge is -2.47. The maximum absolute atomic E-state index is 13.3. The van der Waals surface area contributed by atoms with Gasteiger partial charge in [0.1, 0.15) is 5.72 Å². The third kappa shape index (κ3) is 5.40. The van der Waals surface area contributed by atoms with Crippen LogP contribution in [0, 0.1) is 0 Å². The van der Waals surface area contributed by atoms with Gasteiger partial charge in [0.25, 0.3) is 0 Å². The number of carbonyl (C=O) groups is 1. The molecule has 3 aromatic carbocycles. The summed E-state index contributed by atoms with van der Waals surface area (Å²) in [5.74, 6) is 0.104. The fourth-order valence-corrected chi connectivity index (χ4v) is 4.76. The number of hydrogen-bond acceptors (Lipinski definition) is 4. The van der Waals surface area contributed by atoms with Gasteiger partial charge in [0.05, 0.1) is 13.2 Å². The zero-order valence-corrected chi connectivity index (χ0v) is 20.7. The van der Waals surface area contributed by atoms with Gasteiger partial charge in [0.2, 0.25) is 0 Å². The molecule has 1 unspecified atom stereocenters. The van der Waals surface area contributed by atoms with E-state index in [9.17, 15) is 4.79 Å². The van der Waals surface area contributed by atoms with Crippen molar-refractivity contribution in [3.8, 4) is 0 Å². The monoisotopic (exact) mass is 456 g/mol. The van der Waals surface area contributed by atoms with Crippen LogP contribution in [0.2, 0.25) is 0 Å². The molecular weight excluding hydrogens is 420 g/mol. The van der Waals surface area contributed by atoms with Gasteiger partial charge in [-0.05, 0) is 56.3 Å². The van der Waals surface area contributed by atoms with Crippen LogP contribution in [0.3, 0.4) is 0 Å². The maximum Gasteiger partial charge on any atom is 0.193 e. The summed E-state index contributed by atoms with van der Waals surface area (Å²) in [7, 11) is 4.20. The van der Waals surface area contributed by atoms with Crippen LogP contribution < -0.4 is 4.90 Å². The predicted molar refractivity (Wildman–Crippen MR) is 140 cm³/mol. The lowest BCUT2D eigenvalue weighted by molar-refractivity contribution is -0.143. The Labute approximate surface area is 204 Å². The first-order chi connectivity index (χ1) is 16.5. The van der Waals surface area contributed by atoms with Gasteiger partial charge < -0.3 is 9.64 Å². The molecule has 0 N–H and O–H groups in total. The fraction of sp³-hybridized carbons (Fsp3) is 0.367. The zero-order chi connectivity index (χ0) is 24.0. The highest BCUT2D eigenvalue weighted by atomic mass is 16.5. The molecule has 1 atom stereocenters. The van der Waals surface area contributed by atoms with Gasteiger partial charge in [0, 0.05) is 29.8 Å². The molecule has 3 aromatic rings. The molecule has 0 spiro atoms. The Morgan fingerprint density at radius 3 is 2.38 bits per heavy atom. The Morgan fingerprint density at radius 1 is 1.00 bits per heavy atom. The molecule has 4 heteroatoms. The molecule has 0 aromatic heterocycles. The van der Waals surface area contributed by atoms with E-state index in [-0.39, 0.29) is 5.78 Å². The zero-order valence-electron chi connectivity index (χ0n) is 20.7. The molecular formula is C30H36N2O2. The van der Waals surface area contributed by atoms with Crippen LogP contribution in [-0.2, 0) is 17.6 Å². The van der Waals surface area contributed by atoms with Gasteiger partial charge in [-0.15, -0.1) is 0 Å². The Balaban J connectivity index is 1.63. The highest BCUT2D eigenvalue weighted by molar-refractivity contribution is 6.10. The number of morpholine rings is 1. The van der Waals surface area contributed by atoms with Crippen molar-refractivity contribution in [3.05, 3.63) is 101 Å². The van der Waals surface area contributed by atoms with Crippen molar-refractivity contribution in [2.75, 3.05) is 38.7 Å². The summed E-state index contributed by atoms with van der Waals surface area (Å²) in [5, 5.41) is 0. The molecule has 0 radical (unpaired) electrons. The van der Waals surface area contributed by atoms with E-state index in [4.69, 9.17) is 4.74 Å². The molecule has 4 rings (SSSR count). The number of aryl methyl sites for hydroxylation is 1. The molecule has 178 valence electrons. The van der Waals surface area contributed by atoms with E-state index in [2.05, 4.69) is 73.3 Å². The number of anilines is 1. The number of ether oxygens (including phenoxy) is 1. The quantitative estimate of drug-likeness (QED) is 0.393. The third-order valence-corrected chi connectivity index (χ3v) is 6.84. The fourth-order valence-electron chi connectivity index (χ4n) is 4.76. The number of hydrogen-bond donors (Lipinski definition) is 0. The summed E-state index contributed by atoms with van der Waals surface area (Å²) in [4.78, 5) is 17.9. The van der Waals surface area contributed by atoms with E-state index in [1.807, 2.05) is 36.4 Å². The van der Waals surface area contributed by atoms with Crippen LogP contribution in [0.25, 0.3) is 0 Å². The number of unbranched alkanes of at least 4 members (excludes halogenated alkanes) is 1. The van der Waals surface area contributed by atoms with Crippen molar-refractivity contribution in [2.45, 2.75) is 38.3 Å². The van der Waals surface area contributed by atoms with Crippen LogP contribution in [0.4, 0.5) is 5.69 Å². The topological polar surface area (TPSA) is 32.8 Å². The molecule has 1 aliphatic rings. The summed E-state index contributed by atoms with van der Waals surface area (Å²) >= 11 is 0. The van der Waals surface area contributed by atoms with Crippen LogP contribution in [0.5, 0.6) is 0 Å². The predicted octanol–water partition coefficient (Wildman–Crippen LogP) is 5.60. The smallest absolute Gasteiger partial charge is 0.193 e. The van der Waals surface area contributed by atoms with Crippen molar-refractivity contribution in [3.63, 3.8) is 0 Å². The summed E-state index contributed by atoms with van der Waals surface area (Å²) in [6.45, 7) is 4.47. The number of benzene rings is 3. The highest BCUT2D eigenvalue weighted by Gasteiger charge is 2.39. The summed E-state index contributed by atoms with van der Waals surface area (Å²) in [6, 6.07) is 26.5. The summed E-state index contributed by atoms with van der Waals surface area (Å²) < 4.78 is 6.43. The molecule has 0 saturated carbocycles. The first kappa shape index (κ1) is 24.2. The Bertz CT molecular complexity index is 1080. The van der Waals surface area contributed by atoms with E-state index >= 15 is 0 Å². The standard InChI is InChI=1S/C30H36N2O2/c1-4-5-14-26-21-27(17-18-28(26)29(33)25-15-10-7-11-16-25)32-19-20-34-30(23-32,31(2)3)22-24-12-8-6-9-13-24/h6-13,15-18,21H,4-5,14,19-20,22-23H2,1-3H3. The van der Waals surface area contributed by atoms with E-state index in [0.29, 0.717) is 6.61 Å². The van der Waals surface area contributed by atoms with Crippen molar-refractivity contribution >= 4 is 11.5 Å². The van der Waals surface area contributed by atoms with Crippen molar-refractivity contribution in [2.24, 2.45) is 0 Å². The van der Waals surface area contributed by atoms with Gasteiger partial charge in [-0.1, -0.05) is 74.0 Å². The minimum atomic E-state index is -0.401. The molecule has 1 fully saturated rings. The average Bonchev–Trinajstić information content (AvgIpc) is 2.88. The largest absolute Gasteiger partial charge is 0.365 e. The van der Waals surface area contributed by atoms with Gasteiger partial charge in [0.15, 0.2) is 5.78 Å². The van der Waals surface area contributed by atoms with Gasteiger partial charge in [-0.3, -0.25) is 9.69 Å². The summed E-state index contributed by atoms with van der Waals surface area (Å²) in [5.41, 5.74) is 4.73. The second kappa shape index (κ2) is 11.0. The van der Waals surface area contributed by atoms with Crippen molar-refractivity contribution in [1.29, 1.82) is 0 Å². The van der Waals surface area contributed by atoms with E-state index in [0.717, 1.165) is 55.5 Å². The van der Waals surface area contributed by atoms with Crippen LogP contribution >= 0.6 is 0 Å². The van der Waals surface area contributed by atoms with Crippen molar-refractivity contribution < 1.29 is 9.53 Å². The second-order valence-corrected chi connectivity index (χ2v) is 9.41. The molecule has 1 saturated heterocycles. The van der Waals surface area contributed by atoms with Gasteiger partial charge >= 0.3 is 0 Å². The van der Waals surface area contributed by atoms with E-state index in [1.165, 1.54) is 11.3 Å². The normalized spacial score (nSPS) is 18.3. The highest BCUT2D eigenvalue weighted by Crippen LogP contribution is 2.30. The first-order valence-electron chi connectivity index (χ1n) is 12.4. The molecule has 0 bridgehead atoms. The third-order valence-electron chi connectivity index (χ3n) is 6.84.